The molecule has 0 bridgehead atoms. The highest BCUT2D eigenvalue weighted by atomic mass is 19.2. The summed E-state index contributed by atoms with van der Waals surface area (Å²) in [4.78, 5) is 28.4. The van der Waals surface area contributed by atoms with Gasteiger partial charge in [0.1, 0.15) is 0 Å². The van der Waals surface area contributed by atoms with Crippen LogP contribution in [0.4, 0.5) is 14.5 Å². The molecule has 2 aromatic carbocycles. The molecule has 1 aromatic heterocycles. The Bertz CT molecular complexity index is 985. The standard InChI is InChI=1S/C18H15F2N3O2/c19-14-8-7-12(10-15(14)20)22-17(24)6-3-9-23-11-21-16-5-2-1-4-13(16)18(23)25/h1-2,4-5,7-8,10-11H,3,6,9H2,(H,22,24). The number of aryl methyl sites for hydroxylation is 1. The summed E-state index contributed by atoms with van der Waals surface area (Å²) in [6.45, 7) is 0.335. The number of nitrogens with zero attached hydrogens (tertiary/aromatic N) is 2. The van der Waals surface area contributed by atoms with Crippen LogP contribution in [-0.4, -0.2) is 15.5 Å². The molecule has 0 aliphatic carbocycles. The molecule has 1 amide bonds. The number of hydrogen-bond acceptors (Lipinski definition) is 3. The van der Waals surface area contributed by atoms with Crippen molar-refractivity contribution in [2.24, 2.45) is 0 Å². The number of benzene rings is 2. The van der Waals surface area contributed by atoms with Crippen LogP contribution in [0.5, 0.6) is 0 Å². The van der Waals surface area contributed by atoms with Gasteiger partial charge in [-0.2, -0.15) is 0 Å². The van der Waals surface area contributed by atoms with Crippen LogP contribution in [0.2, 0.25) is 0 Å². The van der Waals surface area contributed by atoms with Crippen LogP contribution in [0.25, 0.3) is 10.9 Å². The molecule has 0 radical (unpaired) electrons. The summed E-state index contributed by atoms with van der Waals surface area (Å²) in [5, 5.41) is 3.02. The molecule has 0 unspecified atom stereocenters. The average molecular weight is 343 g/mol. The minimum Gasteiger partial charge on any atom is -0.326 e. The Morgan fingerprint density at radius 1 is 1.12 bits per heavy atom. The molecule has 3 rings (SSSR count). The molecular formula is C18H15F2N3O2. The van der Waals surface area contributed by atoms with Gasteiger partial charge in [0.05, 0.1) is 17.2 Å². The van der Waals surface area contributed by atoms with Crippen molar-refractivity contribution < 1.29 is 13.6 Å². The van der Waals surface area contributed by atoms with Crippen LogP contribution in [-0.2, 0) is 11.3 Å². The van der Waals surface area contributed by atoms with Crippen LogP contribution >= 0.6 is 0 Å². The first-order chi connectivity index (χ1) is 12.0. The summed E-state index contributed by atoms with van der Waals surface area (Å²) >= 11 is 0. The van der Waals surface area contributed by atoms with Crippen molar-refractivity contribution >= 4 is 22.5 Å². The van der Waals surface area contributed by atoms with Gasteiger partial charge in [-0.25, -0.2) is 13.8 Å². The SMILES string of the molecule is O=C(CCCn1cnc2ccccc2c1=O)Nc1ccc(F)c(F)c1. The third-order valence-corrected chi connectivity index (χ3v) is 3.74. The second-order valence-corrected chi connectivity index (χ2v) is 5.54. The highest BCUT2D eigenvalue weighted by Gasteiger charge is 2.07. The second kappa shape index (κ2) is 7.21. The molecule has 0 saturated heterocycles. The van der Waals surface area contributed by atoms with Gasteiger partial charge in [0, 0.05) is 24.7 Å². The highest BCUT2D eigenvalue weighted by molar-refractivity contribution is 5.90. The Morgan fingerprint density at radius 2 is 1.92 bits per heavy atom. The molecule has 25 heavy (non-hydrogen) atoms. The third kappa shape index (κ3) is 3.88. The van der Waals surface area contributed by atoms with Crippen molar-refractivity contribution in [2.75, 3.05) is 5.32 Å². The number of rotatable bonds is 5. The molecule has 7 heteroatoms. The Hall–Kier alpha value is -3.09. The maximum absolute atomic E-state index is 13.1. The number of aromatic nitrogens is 2. The van der Waals surface area contributed by atoms with E-state index in [2.05, 4.69) is 10.3 Å². The second-order valence-electron chi connectivity index (χ2n) is 5.54. The topological polar surface area (TPSA) is 64.0 Å². The maximum atomic E-state index is 13.1. The predicted molar refractivity (Wildman–Crippen MR) is 90.2 cm³/mol. The van der Waals surface area contributed by atoms with Crippen molar-refractivity contribution in [3.63, 3.8) is 0 Å². The average Bonchev–Trinajstić information content (AvgIpc) is 2.60. The fourth-order valence-corrected chi connectivity index (χ4v) is 2.47. The van der Waals surface area contributed by atoms with Crippen LogP contribution in [0.1, 0.15) is 12.8 Å². The Balaban J connectivity index is 1.59. The molecule has 1 heterocycles. The van der Waals surface area contributed by atoms with E-state index in [9.17, 15) is 18.4 Å². The van der Waals surface area contributed by atoms with Crippen molar-refractivity contribution in [3.05, 3.63) is 70.8 Å². The van der Waals surface area contributed by atoms with E-state index in [0.717, 1.165) is 12.1 Å². The number of halogens is 2. The summed E-state index contributed by atoms with van der Waals surface area (Å²) in [6.07, 6.45) is 2.01. The fourth-order valence-electron chi connectivity index (χ4n) is 2.47. The van der Waals surface area contributed by atoms with Crippen LogP contribution < -0.4 is 10.9 Å². The number of nitrogens with one attached hydrogen (secondary N) is 1. The summed E-state index contributed by atoms with van der Waals surface area (Å²) in [7, 11) is 0. The Morgan fingerprint density at radius 3 is 2.72 bits per heavy atom. The molecule has 0 spiro atoms. The molecular weight excluding hydrogens is 328 g/mol. The zero-order valence-corrected chi connectivity index (χ0v) is 13.2. The lowest BCUT2D eigenvalue weighted by Gasteiger charge is -2.08. The number of amides is 1. The monoisotopic (exact) mass is 343 g/mol. The molecule has 0 atom stereocenters. The lowest BCUT2D eigenvalue weighted by molar-refractivity contribution is -0.116. The summed E-state index contributed by atoms with van der Waals surface area (Å²) in [6, 6.07) is 10.2. The van der Waals surface area contributed by atoms with Crippen LogP contribution in [0.15, 0.2) is 53.6 Å². The Kier molecular flexibility index (Phi) is 4.83. The first kappa shape index (κ1) is 16.8. The van der Waals surface area contributed by atoms with E-state index in [4.69, 9.17) is 0 Å². The Labute approximate surface area is 141 Å². The normalized spacial score (nSPS) is 10.8. The first-order valence-electron chi connectivity index (χ1n) is 7.73. The van der Waals surface area contributed by atoms with Gasteiger partial charge in [0.2, 0.25) is 5.91 Å². The van der Waals surface area contributed by atoms with Gasteiger partial charge in [-0.15, -0.1) is 0 Å². The minimum atomic E-state index is -1.02. The number of carbonyl (C=O) groups is 1. The summed E-state index contributed by atoms with van der Waals surface area (Å²) in [5.41, 5.74) is 0.653. The number of carbonyl (C=O) groups excluding carboxylic acids is 1. The predicted octanol–water partition coefficient (Wildman–Crippen LogP) is 3.09. The van der Waals surface area contributed by atoms with Crippen molar-refractivity contribution in [3.8, 4) is 0 Å². The molecule has 128 valence electrons. The van der Waals surface area contributed by atoms with E-state index in [0.29, 0.717) is 23.9 Å². The molecule has 0 fully saturated rings. The van der Waals surface area contributed by atoms with Gasteiger partial charge < -0.3 is 5.32 Å². The van der Waals surface area contributed by atoms with E-state index in [-0.39, 0.29) is 23.6 Å². The van der Waals surface area contributed by atoms with E-state index in [1.54, 1.807) is 18.2 Å². The highest BCUT2D eigenvalue weighted by Crippen LogP contribution is 2.13. The first-order valence-corrected chi connectivity index (χ1v) is 7.73. The molecule has 1 N–H and O–H groups in total. The van der Waals surface area contributed by atoms with Crippen molar-refractivity contribution in [1.82, 2.24) is 9.55 Å². The van der Waals surface area contributed by atoms with Gasteiger partial charge in [-0.05, 0) is 30.7 Å². The number of hydrogen-bond donors (Lipinski definition) is 1. The molecule has 0 aliphatic rings. The van der Waals surface area contributed by atoms with E-state index in [1.165, 1.54) is 17.0 Å². The lowest BCUT2D eigenvalue weighted by Crippen LogP contribution is -2.21. The number of para-hydroxylation sites is 1. The lowest BCUT2D eigenvalue weighted by atomic mass is 10.2. The van der Waals surface area contributed by atoms with E-state index >= 15 is 0 Å². The van der Waals surface area contributed by atoms with Crippen LogP contribution in [0.3, 0.4) is 0 Å². The van der Waals surface area contributed by atoms with Gasteiger partial charge >= 0.3 is 0 Å². The fraction of sp³-hybridized carbons (Fsp3) is 0.167. The summed E-state index contributed by atoms with van der Waals surface area (Å²) in [5.74, 6) is -2.33. The van der Waals surface area contributed by atoms with Gasteiger partial charge in [-0.3, -0.25) is 14.2 Å². The van der Waals surface area contributed by atoms with Crippen molar-refractivity contribution in [2.45, 2.75) is 19.4 Å². The number of anilines is 1. The van der Waals surface area contributed by atoms with E-state index < -0.39 is 11.6 Å². The third-order valence-electron chi connectivity index (χ3n) is 3.74. The van der Waals surface area contributed by atoms with Gasteiger partial charge in [0.25, 0.3) is 5.56 Å². The molecule has 0 aliphatic heterocycles. The quantitative estimate of drug-likeness (QED) is 0.774. The zero-order chi connectivity index (χ0) is 17.8. The smallest absolute Gasteiger partial charge is 0.261 e. The summed E-state index contributed by atoms with van der Waals surface area (Å²) < 4.78 is 27.4. The number of fused-ring (bicyclic) bond motifs is 1. The largest absolute Gasteiger partial charge is 0.326 e. The van der Waals surface area contributed by atoms with Crippen LogP contribution in [0, 0.1) is 11.6 Å². The van der Waals surface area contributed by atoms with Gasteiger partial charge in [-0.1, -0.05) is 12.1 Å². The molecule has 3 aromatic rings. The molecule has 0 saturated carbocycles. The van der Waals surface area contributed by atoms with E-state index in [1.807, 2.05) is 6.07 Å². The van der Waals surface area contributed by atoms with Gasteiger partial charge in [0.15, 0.2) is 11.6 Å². The minimum absolute atomic E-state index is 0.137. The molecule has 5 nitrogen and oxygen atoms in total. The maximum Gasteiger partial charge on any atom is 0.261 e. The van der Waals surface area contributed by atoms with Crippen molar-refractivity contribution in [1.29, 1.82) is 0 Å². The zero-order valence-electron chi connectivity index (χ0n) is 13.2.